The molecule has 1 aliphatic heterocycles. The summed E-state index contributed by atoms with van der Waals surface area (Å²) in [4.78, 5) is 26.4. The first kappa shape index (κ1) is 16.3. The number of carbonyl (C=O) groups excluding carboxylic acids is 2. The third-order valence-electron chi connectivity index (χ3n) is 3.71. The summed E-state index contributed by atoms with van der Waals surface area (Å²) in [6.45, 7) is 2.28. The van der Waals surface area contributed by atoms with Gasteiger partial charge in [-0.05, 0) is 48.0 Å². The number of carbonyl (C=O) groups is 2. The van der Waals surface area contributed by atoms with E-state index in [9.17, 15) is 9.59 Å². The van der Waals surface area contributed by atoms with Crippen LogP contribution in [0.5, 0.6) is 5.75 Å². The van der Waals surface area contributed by atoms with Gasteiger partial charge in [0.05, 0.1) is 18.6 Å². The third kappa shape index (κ3) is 3.51. The molecule has 2 amide bonds. The van der Waals surface area contributed by atoms with Crippen LogP contribution in [0.3, 0.4) is 0 Å². The fourth-order valence-electron chi connectivity index (χ4n) is 2.48. The monoisotopic (exact) mass is 339 g/mol. The molecular weight excluding hydrogens is 322 g/mol. The van der Waals surface area contributed by atoms with Crippen molar-refractivity contribution in [3.63, 3.8) is 0 Å². The van der Waals surface area contributed by atoms with Crippen molar-refractivity contribution in [2.75, 3.05) is 7.11 Å². The predicted molar refractivity (Wildman–Crippen MR) is 95.7 cm³/mol. The van der Waals surface area contributed by atoms with Gasteiger partial charge < -0.3 is 4.74 Å². The Labute approximate surface area is 145 Å². The Morgan fingerprint density at radius 1 is 1.12 bits per heavy atom. The first-order valence-electron chi connectivity index (χ1n) is 7.52. The molecule has 1 fully saturated rings. The molecule has 2 aromatic rings. The van der Waals surface area contributed by atoms with Gasteiger partial charge in [0.25, 0.3) is 11.1 Å². The highest BCUT2D eigenvalue weighted by Crippen LogP contribution is 2.33. The van der Waals surface area contributed by atoms with Gasteiger partial charge in [-0.15, -0.1) is 0 Å². The van der Waals surface area contributed by atoms with Crippen molar-refractivity contribution in [1.29, 1.82) is 0 Å². The number of methoxy groups -OCH3 is 1. The molecular formula is C19H17NO3S. The maximum absolute atomic E-state index is 12.5. The van der Waals surface area contributed by atoms with Crippen molar-refractivity contribution in [1.82, 2.24) is 4.90 Å². The minimum Gasteiger partial charge on any atom is -0.497 e. The molecule has 0 bridgehead atoms. The number of aryl methyl sites for hydroxylation is 1. The number of hydrogen-bond acceptors (Lipinski definition) is 4. The van der Waals surface area contributed by atoms with Crippen LogP contribution in [0.4, 0.5) is 4.79 Å². The zero-order chi connectivity index (χ0) is 17.1. The molecule has 3 rings (SSSR count). The van der Waals surface area contributed by atoms with E-state index in [4.69, 9.17) is 4.74 Å². The molecule has 2 aromatic carbocycles. The minimum atomic E-state index is -0.248. The lowest BCUT2D eigenvalue weighted by Gasteiger charge is -2.12. The summed E-state index contributed by atoms with van der Waals surface area (Å²) in [6.07, 6.45) is 1.74. The molecule has 0 N–H and O–H groups in total. The summed E-state index contributed by atoms with van der Waals surface area (Å²) < 4.78 is 5.12. The number of thioether (sulfide) groups is 1. The van der Waals surface area contributed by atoms with E-state index in [-0.39, 0.29) is 11.1 Å². The van der Waals surface area contributed by atoms with Gasteiger partial charge >= 0.3 is 0 Å². The molecule has 0 radical (unpaired) electrons. The molecule has 1 heterocycles. The summed E-state index contributed by atoms with van der Waals surface area (Å²) in [5.74, 6) is 0.502. The average molecular weight is 339 g/mol. The van der Waals surface area contributed by atoms with Gasteiger partial charge in [0.15, 0.2) is 0 Å². The van der Waals surface area contributed by atoms with Crippen molar-refractivity contribution in [3.8, 4) is 5.75 Å². The number of ether oxygens (including phenoxy) is 1. The molecule has 24 heavy (non-hydrogen) atoms. The van der Waals surface area contributed by atoms with Gasteiger partial charge in [0.2, 0.25) is 0 Å². The van der Waals surface area contributed by atoms with Crippen molar-refractivity contribution in [2.45, 2.75) is 13.5 Å². The van der Waals surface area contributed by atoms with Crippen LogP contribution in [0.15, 0.2) is 53.4 Å². The molecule has 1 aliphatic rings. The molecule has 122 valence electrons. The second-order valence-corrected chi connectivity index (χ2v) is 6.52. The summed E-state index contributed by atoms with van der Waals surface area (Å²) in [7, 11) is 1.60. The van der Waals surface area contributed by atoms with Crippen molar-refractivity contribution in [3.05, 3.63) is 70.1 Å². The summed E-state index contributed by atoms with van der Waals surface area (Å²) >= 11 is 0.977. The molecule has 5 heteroatoms. The lowest BCUT2D eigenvalue weighted by Crippen LogP contribution is -2.27. The van der Waals surface area contributed by atoms with Gasteiger partial charge in [-0.2, -0.15) is 0 Å². The van der Waals surface area contributed by atoms with Crippen LogP contribution in [-0.2, 0) is 11.3 Å². The smallest absolute Gasteiger partial charge is 0.293 e. The normalized spacial score (nSPS) is 16.1. The van der Waals surface area contributed by atoms with Crippen molar-refractivity contribution >= 4 is 29.0 Å². The standard InChI is InChI=1S/C19H17NO3S/c1-13-4-3-5-15(10-13)12-20-18(21)17(24-19(20)22)11-14-6-8-16(23-2)9-7-14/h3-11H,12H2,1-2H3/b17-11-. The SMILES string of the molecule is COc1ccc(/C=C2\SC(=O)N(Cc3cccc(C)c3)C2=O)cc1. The predicted octanol–water partition coefficient (Wildman–Crippen LogP) is 4.24. The Bertz CT molecular complexity index is 812. The van der Waals surface area contributed by atoms with Crippen molar-refractivity contribution < 1.29 is 14.3 Å². The maximum Gasteiger partial charge on any atom is 0.293 e. The number of imide groups is 1. The number of benzene rings is 2. The van der Waals surface area contributed by atoms with E-state index in [1.165, 1.54) is 4.90 Å². The van der Waals surface area contributed by atoms with Crippen LogP contribution in [0.25, 0.3) is 6.08 Å². The molecule has 0 aliphatic carbocycles. The van der Waals surface area contributed by atoms with E-state index in [2.05, 4.69) is 0 Å². The number of hydrogen-bond donors (Lipinski definition) is 0. The van der Waals surface area contributed by atoms with E-state index in [0.29, 0.717) is 11.4 Å². The molecule has 0 atom stereocenters. The topological polar surface area (TPSA) is 46.6 Å². The lowest BCUT2D eigenvalue weighted by molar-refractivity contribution is -0.123. The molecule has 1 saturated heterocycles. The zero-order valence-corrected chi connectivity index (χ0v) is 14.3. The van der Waals surface area contributed by atoms with Gasteiger partial charge in [0, 0.05) is 0 Å². The highest BCUT2D eigenvalue weighted by atomic mass is 32.2. The Kier molecular flexibility index (Phi) is 4.71. The summed E-state index contributed by atoms with van der Waals surface area (Å²) in [5.41, 5.74) is 2.91. The highest BCUT2D eigenvalue weighted by Gasteiger charge is 2.34. The fourth-order valence-corrected chi connectivity index (χ4v) is 3.32. The van der Waals surface area contributed by atoms with Gasteiger partial charge in [-0.1, -0.05) is 42.0 Å². The zero-order valence-electron chi connectivity index (χ0n) is 13.5. The van der Waals surface area contributed by atoms with E-state index in [1.54, 1.807) is 13.2 Å². The van der Waals surface area contributed by atoms with E-state index in [1.807, 2.05) is 55.5 Å². The summed E-state index contributed by atoms with van der Waals surface area (Å²) in [6, 6.07) is 15.2. The van der Waals surface area contributed by atoms with Crippen LogP contribution in [0, 0.1) is 6.92 Å². The van der Waals surface area contributed by atoms with Crippen LogP contribution in [0.2, 0.25) is 0 Å². The lowest BCUT2D eigenvalue weighted by atomic mass is 10.1. The number of nitrogens with zero attached hydrogens (tertiary/aromatic N) is 1. The fraction of sp³-hybridized carbons (Fsp3) is 0.158. The Balaban J connectivity index is 1.79. The molecule has 4 nitrogen and oxygen atoms in total. The first-order valence-corrected chi connectivity index (χ1v) is 8.33. The number of amides is 2. The van der Waals surface area contributed by atoms with Crippen molar-refractivity contribution in [2.24, 2.45) is 0 Å². The van der Waals surface area contributed by atoms with Crippen LogP contribution >= 0.6 is 11.8 Å². The third-order valence-corrected chi connectivity index (χ3v) is 4.62. The second kappa shape index (κ2) is 6.93. The van der Waals surface area contributed by atoms with E-state index >= 15 is 0 Å². The van der Waals surface area contributed by atoms with Crippen LogP contribution in [-0.4, -0.2) is 23.2 Å². The maximum atomic E-state index is 12.5. The average Bonchev–Trinajstić information content (AvgIpc) is 2.83. The quantitative estimate of drug-likeness (QED) is 0.782. The molecule has 0 spiro atoms. The van der Waals surface area contributed by atoms with Gasteiger partial charge in [-0.25, -0.2) is 0 Å². The molecule has 0 unspecified atom stereocenters. The minimum absolute atomic E-state index is 0.235. The Morgan fingerprint density at radius 3 is 2.54 bits per heavy atom. The molecule has 0 aromatic heterocycles. The number of rotatable bonds is 4. The van der Waals surface area contributed by atoms with Gasteiger partial charge in [-0.3, -0.25) is 14.5 Å². The highest BCUT2D eigenvalue weighted by molar-refractivity contribution is 8.18. The van der Waals surface area contributed by atoms with Crippen LogP contribution < -0.4 is 4.74 Å². The second-order valence-electron chi connectivity index (χ2n) is 5.53. The largest absolute Gasteiger partial charge is 0.497 e. The summed E-state index contributed by atoms with van der Waals surface area (Å²) in [5, 5.41) is -0.235. The van der Waals surface area contributed by atoms with E-state index in [0.717, 1.165) is 34.2 Å². The van der Waals surface area contributed by atoms with Crippen LogP contribution in [0.1, 0.15) is 16.7 Å². The first-order chi connectivity index (χ1) is 11.6. The Morgan fingerprint density at radius 2 is 1.88 bits per heavy atom. The Hall–Kier alpha value is -2.53. The van der Waals surface area contributed by atoms with Gasteiger partial charge in [0.1, 0.15) is 5.75 Å². The molecule has 0 saturated carbocycles. The van der Waals surface area contributed by atoms with E-state index < -0.39 is 0 Å².